The van der Waals surface area contributed by atoms with Crippen molar-refractivity contribution in [3.8, 4) is 0 Å². The summed E-state index contributed by atoms with van der Waals surface area (Å²) >= 11 is 0. The topological polar surface area (TPSA) is 110 Å². The van der Waals surface area contributed by atoms with Crippen molar-refractivity contribution in [1.82, 2.24) is 19.7 Å². The molecule has 3 heterocycles. The predicted molar refractivity (Wildman–Crippen MR) is 92.5 cm³/mol. The summed E-state index contributed by atoms with van der Waals surface area (Å²) in [5.74, 6) is 1.89. The second-order valence-electron chi connectivity index (χ2n) is 5.99. The van der Waals surface area contributed by atoms with Crippen molar-refractivity contribution in [1.29, 1.82) is 0 Å². The Balaban J connectivity index is 1.55. The molecule has 2 aromatic heterocycles. The molecule has 26 heavy (non-hydrogen) atoms. The first kappa shape index (κ1) is 16.2. The third kappa shape index (κ3) is 2.88. The van der Waals surface area contributed by atoms with Crippen molar-refractivity contribution >= 4 is 11.5 Å². The molecule has 4 rings (SSSR count). The summed E-state index contributed by atoms with van der Waals surface area (Å²) in [5, 5.41) is 29.7. The highest BCUT2D eigenvalue weighted by atomic mass is 16.6. The Morgan fingerprint density at radius 1 is 1.12 bits per heavy atom. The molecule has 0 fully saturated rings. The molecule has 9 nitrogen and oxygen atoms in total. The van der Waals surface area contributed by atoms with Crippen molar-refractivity contribution in [2.75, 3.05) is 11.4 Å². The number of rotatable bonds is 4. The minimum Gasteiger partial charge on any atom is -0.380 e. The smallest absolute Gasteiger partial charge is 0.287 e. The largest absolute Gasteiger partial charge is 0.380 e. The lowest BCUT2D eigenvalue weighted by molar-refractivity contribution is -0.385. The van der Waals surface area contributed by atoms with E-state index in [0.29, 0.717) is 31.3 Å². The van der Waals surface area contributed by atoms with E-state index in [2.05, 4.69) is 15.2 Å². The zero-order chi connectivity index (χ0) is 18.1. The van der Waals surface area contributed by atoms with E-state index < -0.39 is 11.0 Å². The maximum Gasteiger partial charge on any atom is 0.287 e. The first-order chi connectivity index (χ1) is 12.6. The number of nitro groups is 1. The number of aliphatic hydroxyl groups is 1. The fourth-order valence-electron chi connectivity index (χ4n) is 3.04. The average Bonchev–Trinajstić information content (AvgIpc) is 3.11. The average molecular weight is 352 g/mol. The van der Waals surface area contributed by atoms with Gasteiger partial charge in [-0.1, -0.05) is 30.3 Å². The van der Waals surface area contributed by atoms with E-state index in [4.69, 9.17) is 0 Å². The zero-order valence-electron chi connectivity index (χ0n) is 13.8. The van der Waals surface area contributed by atoms with Crippen LogP contribution in [0, 0.1) is 10.1 Å². The quantitative estimate of drug-likeness (QED) is 0.562. The number of nitrogens with zero attached hydrogens (tertiary/aromatic N) is 6. The third-order valence-electron chi connectivity index (χ3n) is 4.41. The zero-order valence-corrected chi connectivity index (χ0v) is 13.8. The second-order valence-corrected chi connectivity index (χ2v) is 5.99. The molecule has 0 saturated heterocycles. The highest BCUT2D eigenvalue weighted by Gasteiger charge is 2.26. The number of benzene rings is 1. The van der Waals surface area contributed by atoms with Crippen molar-refractivity contribution < 1.29 is 10.0 Å². The Hall–Kier alpha value is -3.33. The van der Waals surface area contributed by atoms with Gasteiger partial charge < -0.3 is 14.6 Å². The molecular formula is C17H16N6O3. The van der Waals surface area contributed by atoms with Crippen molar-refractivity contribution in [2.45, 2.75) is 19.2 Å². The molecule has 9 heteroatoms. The van der Waals surface area contributed by atoms with Crippen molar-refractivity contribution in [3.63, 3.8) is 0 Å². The number of pyridine rings is 1. The van der Waals surface area contributed by atoms with Crippen LogP contribution in [0.25, 0.3) is 0 Å². The molecule has 132 valence electrons. The van der Waals surface area contributed by atoms with Crippen LogP contribution >= 0.6 is 0 Å². The SMILES string of the molecule is O=[N+]([O-])c1ccc(N2CCn3c(nnc3C(O)c3ccccc3)C2)nc1. The van der Waals surface area contributed by atoms with E-state index >= 15 is 0 Å². The monoisotopic (exact) mass is 352 g/mol. The van der Waals surface area contributed by atoms with E-state index in [9.17, 15) is 15.2 Å². The summed E-state index contributed by atoms with van der Waals surface area (Å²) in [4.78, 5) is 16.4. The standard InChI is InChI=1S/C17H16N6O3/c24-16(12-4-2-1-3-5-12)17-20-19-15-11-21(8-9-22(15)17)14-7-6-13(10-18-14)23(25)26/h1-7,10,16,24H,8-9,11H2. The van der Waals surface area contributed by atoms with Gasteiger partial charge in [-0.15, -0.1) is 10.2 Å². The Morgan fingerprint density at radius 2 is 1.92 bits per heavy atom. The number of anilines is 1. The summed E-state index contributed by atoms with van der Waals surface area (Å²) in [7, 11) is 0. The second kappa shape index (κ2) is 6.52. The van der Waals surface area contributed by atoms with Crippen molar-refractivity contribution in [3.05, 3.63) is 76.0 Å². The molecular weight excluding hydrogens is 336 g/mol. The van der Waals surface area contributed by atoms with E-state index in [1.807, 2.05) is 39.8 Å². The van der Waals surface area contributed by atoms with Gasteiger partial charge in [-0.2, -0.15) is 0 Å². The van der Waals surface area contributed by atoms with Crippen LogP contribution < -0.4 is 4.90 Å². The number of fused-ring (bicyclic) bond motifs is 1. The van der Waals surface area contributed by atoms with Crippen LogP contribution in [0.3, 0.4) is 0 Å². The van der Waals surface area contributed by atoms with Crippen LogP contribution in [-0.2, 0) is 13.1 Å². The van der Waals surface area contributed by atoms with Gasteiger partial charge in [-0.3, -0.25) is 10.1 Å². The van der Waals surface area contributed by atoms with E-state index in [-0.39, 0.29) is 5.69 Å². The molecule has 1 unspecified atom stereocenters. The summed E-state index contributed by atoms with van der Waals surface area (Å²) < 4.78 is 1.92. The van der Waals surface area contributed by atoms with Crippen LogP contribution in [0.4, 0.5) is 11.5 Å². The molecule has 0 aliphatic carbocycles. The molecule has 1 aromatic carbocycles. The summed E-state index contributed by atoms with van der Waals surface area (Å²) in [5.41, 5.74) is 0.726. The number of hydrogen-bond acceptors (Lipinski definition) is 7. The first-order valence-electron chi connectivity index (χ1n) is 8.14. The lowest BCUT2D eigenvalue weighted by Crippen LogP contribution is -2.35. The molecule has 3 aromatic rings. The lowest BCUT2D eigenvalue weighted by atomic mass is 10.1. The van der Waals surface area contributed by atoms with Gasteiger partial charge in [0, 0.05) is 19.2 Å². The molecule has 0 amide bonds. The van der Waals surface area contributed by atoms with Crippen molar-refractivity contribution in [2.24, 2.45) is 0 Å². The van der Waals surface area contributed by atoms with Crippen LogP contribution in [0.2, 0.25) is 0 Å². The van der Waals surface area contributed by atoms with E-state index in [0.717, 1.165) is 11.4 Å². The maximum atomic E-state index is 10.7. The molecule has 0 saturated carbocycles. The molecule has 0 bridgehead atoms. The molecule has 1 aliphatic heterocycles. The highest BCUT2D eigenvalue weighted by molar-refractivity contribution is 5.43. The highest BCUT2D eigenvalue weighted by Crippen LogP contribution is 2.25. The molecule has 0 radical (unpaired) electrons. The van der Waals surface area contributed by atoms with Gasteiger partial charge >= 0.3 is 0 Å². The minimum atomic E-state index is -0.832. The summed E-state index contributed by atoms with van der Waals surface area (Å²) in [6.45, 7) is 1.71. The fourth-order valence-corrected chi connectivity index (χ4v) is 3.04. The molecule has 1 N–H and O–H groups in total. The van der Waals surface area contributed by atoms with Gasteiger partial charge in [-0.25, -0.2) is 4.98 Å². The van der Waals surface area contributed by atoms with Gasteiger partial charge in [0.15, 0.2) is 11.6 Å². The predicted octanol–water partition coefficient (Wildman–Crippen LogP) is 1.68. The molecule has 0 spiro atoms. The number of aliphatic hydroxyl groups excluding tert-OH is 1. The fraction of sp³-hybridized carbons (Fsp3) is 0.235. The van der Waals surface area contributed by atoms with E-state index in [1.54, 1.807) is 6.07 Å². The molecule has 1 aliphatic rings. The van der Waals surface area contributed by atoms with Gasteiger partial charge in [0.2, 0.25) is 0 Å². The minimum absolute atomic E-state index is 0.0396. The van der Waals surface area contributed by atoms with Gasteiger partial charge in [0.05, 0.1) is 11.5 Å². The Bertz CT molecular complexity index is 925. The summed E-state index contributed by atoms with van der Waals surface area (Å²) in [6, 6.07) is 12.4. The van der Waals surface area contributed by atoms with Gasteiger partial charge in [0.25, 0.3) is 5.69 Å². The van der Waals surface area contributed by atoms with Crippen LogP contribution in [0.5, 0.6) is 0 Å². The number of hydrogen-bond donors (Lipinski definition) is 1. The normalized spacial score (nSPS) is 14.7. The Labute approximate surface area is 148 Å². The molecule has 1 atom stereocenters. The Kier molecular flexibility index (Phi) is 4.05. The van der Waals surface area contributed by atoms with Crippen LogP contribution in [0.15, 0.2) is 48.7 Å². The van der Waals surface area contributed by atoms with Gasteiger partial charge in [-0.05, 0) is 11.6 Å². The number of aromatic nitrogens is 4. The van der Waals surface area contributed by atoms with E-state index in [1.165, 1.54) is 12.3 Å². The summed E-state index contributed by atoms with van der Waals surface area (Å²) in [6.07, 6.45) is 0.417. The first-order valence-corrected chi connectivity index (χ1v) is 8.14. The Morgan fingerprint density at radius 3 is 2.62 bits per heavy atom. The lowest BCUT2D eigenvalue weighted by Gasteiger charge is -2.29. The van der Waals surface area contributed by atoms with Gasteiger partial charge in [0.1, 0.15) is 18.1 Å². The maximum absolute atomic E-state index is 10.7. The van der Waals surface area contributed by atoms with Crippen LogP contribution in [0.1, 0.15) is 23.3 Å². The third-order valence-corrected chi connectivity index (χ3v) is 4.41. The van der Waals surface area contributed by atoms with Crippen LogP contribution in [-0.4, -0.2) is 36.3 Å².